The van der Waals surface area contributed by atoms with Gasteiger partial charge in [-0.3, -0.25) is 4.79 Å². The van der Waals surface area contributed by atoms with E-state index in [4.69, 9.17) is 33.9 Å². The zero-order valence-electron chi connectivity index (χ0n) is 11.8. The normalized spacial score (nSPS) is 13.3. The van der Waals surface area contributed by atoms with Gasteiger partial charge in [0.25, 0.3) is 15.0 Å². The summed E-state index contributed by atoms with van der Waals surface area (Å²) >= 11 is 11.6. The van der Waals surface area contributed by atoms with Gasteiger partial charge in [-0.1, -0.05) is 44.0 Å². The predicted molar refractivity (Wildman–Crippen MR) is 85.8 cm³/mol. The minimum atomic E-state index is -4.08. The van der Waals surface area contributed by atoms with E-state index < -0.39 is 15.0 Å². The molecule has 0 saturated carbocycles. The Kier molecular flexibility index (Phi) is 6.35. The van der Waals surface area contributed by atoms with Crippen molar-refractivity contribution in [1.82, 2.24) is 5.32 Å². The van der Waals surface area contributed by atoms with E-state index in [1.807, 2.05) is 20.8 Å². The molecule has 0 saturated heterocycles. The standard InChI is InChI=1S/C13H16Cl3NO3S/c1-7(2)8(3)6-17-13(18)9-4-10(14)12(15)11(5-9)21(16,19)20/h4-5,7-8H,6H2,1-3H3,(H,17,18). The molecular formula is C13H16Cl3NO3S. The highest BCUT2D eigenvalue weighted by molar-refractivity contribution is 8.13. The maximum atomic E-state index is 12.1. The molecule has 21 heavy (non-hydrogen) atoms. The van der Waals surface area contributed by atoms with Crippen LogP contribution in [-0.4, -0.2) is 20.9 Å². The molecule has 1 N–H and O–H groups in total. The molecule has 1 aromatic carbocycles. The van der Waals surface area contributed by atoms with Gasteiger partial charge in [-0.25, -0.2) is 8.42 Å². The van der Waals surface area contributed by atoms with Crippen LogP contribution in [0.2, 0.25) is 10.0 Å². The van der Waals surface area contributed by atoms with Gasteiger partial charge < -0.3 is 5.32 Å². The fraction of sp³-hybridized carbons (Fsp3) is 0.462. The van der Waals surface area contributed by atoms with Crippen molar-refractivity contribution in [2.24, 2.45) is 11.8 Å². The SMILES string of the molecule is CC(C)C(C)CNC(=O)c1cc(Cl)c(Cl)c(S(=O)(=O)Cl)c1. The van der Waals surface area contributed by atoms with Gasteiger partial charge in [0.05, 0.1) is 10.0 Å². The van der Waals surface area contributed by atoms with Crippen molar-refractivity contribution in [3.8, 4) is 0 Å². The molecule has 4 nitrogen and oxygen atoms in total. The zero-order valence-corrected chi connectivity index (χ0v) is 14.9. The first-order chi connectivity index (χ1) is 9.54. The molecule has 0 aliphatic rings. The maximum Gasteiger partial charge on any atom is 0.262 e. The van der Waals surface area contributed by atoms with Crippen LogP contribution in [0.4, 0.5) is 0 Å². The second-order valence-corrected chi connectivity index (χ2v) is 8.46. The molecule has 0 radical (unpaired) electrons. The maximum absolute atomic E-state index is 12.1. The lowest BCUT2D eigenvalue weighted by Gasteiger charge is -2.16. The van der Waals surface area contributed by atoms with Gasteiger partial charge >= 0.3 is 0 Å². The Hall–Kier alpha value is -0.490. The van der Waals surface area contributed by atoms with Crippen molar-refractivity contribution in [3.05, 3.63) is 27.7 Å². The average molecular weight is 373 g/mol. The number of benzene rings is 1. The van der Waals surface area contributed by atoms with Crippen LogP contribution in [0.5, 0.6) is 0 Å². The predicted octanol–water partition coefficient (Wildman–Crippen LogP) is 3.94. The van der Waals surface area contributed by atoms with Gasteiger partial charge in [0.2, 0.25) is 0 Å². The van der Waals surface area contributed by atoms with Crippen LogP contribution in [0.3, 0.4) is 0 Å². The first-order valence-electron chi connectivity index (χ1n) is 6.26. The van der Waals surface area contributed by atoms with E-state index in [9.17, 15) is 13.2 Å². The number of rotatable bonds is 5. The summed E-state index contributed by atoms with van der Waals surface area (Å²) in [6.45, 7) is 6.58. The van der Waals surface area contributed by atoms with E-state index in [0.717, 1.165) is 6.07 Å². The minimum Gasteiger partial charge on any atom is -0.352 e. The molecule has 1 amide bonds. The zero-order chi connectivity index (χ0) is 16.4. The molecule has 1 aromatic rings. The monoisotopic (exact) mass is 371 g/mol. The Morgan fingerprint density at radius 3 is 2.29 bits per heavy atom. The molecule has 1 rings (SSSR count). The van der Waals surface area contributed by atoms with Crippen molar-refractivity contribution >= 4 is 48.8 Å². The van der Waals surface area contributed by atoms with E-state index in [2.05, 4.69) is 5.32 Å². The van der Waals surface area contributed by atoms with Crippen molar-refractivity contribution in [2.45, 2.75) is 25.7 Å². The summed E-state index contributed by atoms with van der Waals surface area (Å²) in [5, 5.41) is 2.49. The first-order valence-corrected chi connectivity index (χ1v) is 9.32. The van der Waals surface area contributed by atoms with Crippen LogP contribution in [0.25, 0.3) is 0 Å². The molecule has 1 unspecified atom stereocenters. The highest BCUT2D eigenvalue weighted by Gasteiger charge is 2.21. The highest BCUT2D eigenvalue weighted by atomic mass is 35.7. The summed E-state index contributed by atoms with van der Waals surface area (Å²) in [6.07, 6.45) is 0. The average Bonchev–Trinajstić information content (AvgIpc) is 2.36. The van der Waals surface area contributed by atoms with Crippen LogP contribution in [0.15, 0.2) is 17.0 Å². The van der Waals surface area contributed by atoms with Crippen molar-refractivity contribution in [1.29, 1.82) is 0 Å². The molecule has 0 spiro atoms. The lowest BCUT2D eigenvalue weighted by molar-refractivity contribution is 0.0944. The quantitative estimate of drug-likeness (QED) is 0.796. The molecule has 0 aliphatic carbocycles. The topological polar surface area (TPSA) is 63.2 Å². The molecule has 0 fully saturated rings. The van der Waals surface area contributed by atoms with Gasteiger partial charge in [0, 0.05) is 22.8 Å². The fourth-order valence-corrected chi connectivity index (χ4v) is 3.23. The van der Waals surface area contributed by atoms with Gasteiger partial charge in [-0.2, -0.15) is 0 Å². The third-order valence-electron chi connectivity index (χ3n) is 3.24. The van der Waals surface area contributed by atoms with Crippen LogP contribution >= 0.6 is 33.9 Å². The van der Waals surface area contributed by atoms with Crippen LogP contribution in [0.1, 0.15) is 31.1 Å². The lowest BCUT2D eigenvalue weighted by Crippen LogP contribution is -2.30. The molecule has 1 atom stereocenters. The molecule has 118 valence electrons. The number of hydrogen-bond donors (Lipinski definition) is 1. The number of carbonyl (C=O) groups is 1. The third kappa shape index (κ3) is 5.02. The number of hydrogen-bond acceptors (Lipinski definition) is 3. The van der Waals surface area contributed by atoms with E-state index in [1.54, 1.807) is 0 Å². The highest BCUT2D eigenvalue weighted by Crippen LogP contribution is 2.32. The Bertz CT molecular complexity index is 644. The van der Waals surface area contributed by atoms with Crippen LogP contribution < -0.4 is 5.32 Å². The van der Waals surface area contributed by atoms with E-state index in [1.165, 1.54) is 6.07 Å². The number of amides is 1. The second-order valence-electron chi connectivity index (χ2n) is 5.14. The second kappa shape index (κ2) is 7.18. The minimum absolute atomic E-state index is 0.0413. The summed E-state index contributed by atoms with van der Waals surface area (Å²) in [4.78, 5) is 11.7. The van der Waals surface area contributed by atoms with Crippen molar-refractivity contribution in [3.63, 3.8) is 0 Å². The molecule has 8 heteroatoms. The molecule has 0 bridgehead atoms. The van der Waals surface area contributed by atoms with Gasteiger partial charge in [-0.05, 0) is 24.0 Å². The Morgan fingerprint density at radius 2 is 1.81 bits per heavy atom. The van der Waals surface area contributed by atoms with E-state index in [-0.39, 0.29) is 26.4 Å². The van der Waals surface area contributed by atoms with E-state index >= 15 is 0 Å². The fourth-order valence-electron chi connectivity index (χ4n) is 1.46. The number of nitrogens with one attached hydrogen (secondary N) is 1. The first kappa shape index (κ1) is 18.6. The molecular weight excluding hydrogens is 357 g/mol. The number of halogens is 3. The Balaban J connectivity index is 3.04. The van der Waals surface area contributed by atoms with Gasteiger partial charge in [0.1, 0.15) is 4.90 Å². The van der Waals surface area contributed by atoms with Crippen LogP contribution in [-0.2, 0) is 9.05 Å². The Morgan fingerprint density at radius 1 is 1.24 bits per heavy atom. The number of carbonyl (C=O) groups excluding carboxylic acids is 1. The van der Waals surface area contributed by atoms with Crippen molar-refractivity contribution in [2.75, 3.05) is 6.54 Å². The largest absolute Gasteiger partial charge is 0.352 e. The van der Waals surface area contributed by atoms with Gasteiger partial charge in [0.15, 0.2) is 0 Å². The summed E-state index contributed by atoms with van der Waals surface area (Å²) in [6, 6.07) is 2.43. The summed E-state index contributed by atoms with van der Waals surface area (Å²) in [5.74, 6) is 0.272. The van der Waals surface area contributed by atoms with E-state index in [0.29, 0.717) is 12.5 Å². The van der Waals surface area contributed by atoms with Gasteiger partial charge in [-0.15, -0.1) is 0 Å². The molecule has 0 aromatic heterocycles. The van der Waals surface area contributed by atoms with Crippen LogP contribution in [0, 0.1) is 11.8 Å². The molecule has 0 heterocycles. The summed E-state index contributed by atoms with van der Waals surface area (Å²) in [7, 11) is 1.20. The third-order valence-corrected chi connectivity index (χ3v) is 5.50. The summed E-state index contributed by atoms with van der Waals surface area (Å²) < 4.78 is 22.9. The smallest absolute Gasteiger partial charge is 0.262 e. The Labute approximate surface area is 139 Å². The lowest BCUT2D eigenvalue weighted by atomic mass is 9.98. The van der Waals surface area contributed by atoms with Crippen molar-refractivity contribution < 1.29 is 13.2 Å². The molecule has 0 aliphatic heterocycles. The summed E-state index contributed by atoms with van der Waals surface area (Å²) in [5.41, 5.74) is 0.0968.